The van der Waals surface area contributed by atoms with E-state index in [0.29, 0.717) is 13.2 Å². The van der Waals surface area contributed by atoms with Gasteiger partial charge in [0.15, 0.2) is 13.2 Å². The van der Waals surface area contributed by atoms with Gasteiger partial charge in [-0.1, -0.05) is 30.3 Å². The number of fused-ring (bicyclic) bond motifs is 1. The predicted octanol–water partition coefficient (Wildman–Crippen LogP) is 6.43. The molecule has 0 bridgehead atoms. The summed E-state index contributed by atoms with van der Waals surface area (Å²) in [6.45, 7) is 4.71. The van der Waals surface area contributed by atoms with Gasteiger partial charge in [0.05, 0.1) is 35.6 Å². The molecule has 1 fully saturated rings. The Hall–Kier alpha value is -3.10. The Labute approximate surface area is 229 Å². The summed E-state index contributed by atoms with van der Waals surface area (Å²) in [6, 6.07) is 24.5. The van der Waals surface area contributed by atoms with Crippen LogP contribution in [0.4, 0.5) is 15.9 Å². The molecule has 0 radical (unpaired) electrons. The van der Waals surface area contributed by atoms with Gasteiger partial charge < -0.3 is 9.41 Å². The van der Waals surface area contributed by atoms with Crippen molar-refractivity contribution in [3.8, 4) is 5.69 Å². The van der Waals surface area contributed by atoms with Gasteiger partial charge in [0, 0.05) is 30.2 Å². The van der Waals surface area contributed by atoms with Crippen LogP contribution in [-0.4, -0.2) is 58.3 Å². The molecule has 194 valence electrons. The second kappa shape index (κ2) is 10.2. The van der Waals surface area contributed by atoms with Crippen molar-refractivity contribution < 1.29 is 9.13 Å². The third kappa shape index (κ3) is 4.24. The van der Waals surface area contributed by atoms with Gasteiger partial charge in [-0.15, -0.1) is 0 Å². The number of para-hydroxylation sites is 1. The average molecular weight is 593 g/mol. The Bertz CT molecular complexity index is 1560. The molecule has 0 spiro atoms. The summed E-state index contributed by atoms with van der Waals surface area (Å²) in [7, 11) is -0.643. The van der Waals surface area contributed by atoms with Crippen molar-refractivity contribution in [3.05, 3.63) is 100 Å². The van der Waals surface area contributed by atoms with Crippen molar-refractivity contribution in [2.45, 2.75) is 6.92 Å². The van der Waals surface area contributed by atoms with Crippen molar-refractivity contribution >= 4 is 45.9 Å². The second-order valence-electron chi connectivity index (χ2n) is 9.16. The summed E-state index contributed by atoms with van der Waals surface area (Å²) in [5, 5.41) is 6.04. The Morgan fingerprint density at radius 3 is 2.34 bits per heavy atom. The molecule has 7 nitrogen and oxygen atoms in total. The number of benzene rings is 3. The van der Waals surface area contributed by atoms with Gasteiger partial charge in [-0.2, -0.15) is 5.10 Å². The van der Waals surface area contributed by atoms with Gasteiger partial charge in [-0.3, -0.25) is 0 Å². The van der Waals surface area contributed by atoms with Crippen LogP contribution in [0.3, 0.4) is 0 Å². The predicted molar refractivity (Wildman–Crippen MR) is 154 cm³/mol. The van der Waals surface area contributed by atoms with Crippen LogP contribution in [0.1, 0.15) is 11.3 Å². The van der Waals surface area contributed by atoms with E-state index < -0.39 is 7.36 Å². The van der Waals surface area contributed by atoms with E-state index in [9.17, 15) is 4.39 Å². The zero-order chi connectivity index (χ0) is 26.3. The molecule has 2 aliphatic heterocycles. The fourth-order valence-corrected chi connectivity index (χ4v) is 9.39. The SMILES string of the molecule is Cc1nn(-c2ccccc2)c2c1P(=Nc1ccccc1Br)(N1CCOCC1)N(C)C(c1ccc(F)cc1)=N2. The molecule has 1 atom stereocenters. The first-order valence-corrected chi connectivity index (χ1v) is 14.9. The molecule has 6 rings (SSSR count). The van der Waals surface area contributed by atoms with Gasteiger partial charge in [-0.05, 0) is 71.4 Å². The second-order valence-corrected chi connectivity index (χ2v) is 13.0. The fraction of sp³-hybridized carbons (Fsp3) is 0.214. The number of aromatic nitrogens is 2. The highest BCUT2D eigenvalue weighted by molar-refractivity contribution is 9.10. The highest BCUT2D eigenvalue weighted by Gasteiger charge is 2.45. The molecular weight excluding hydrogens is 566 g/mol. The first-order valence-electron chi connectivity index (χ1n) is 12.4. The molecule has 0 aliphatic carbocycles. The number of nitrogens with zero attached hydrogens (tertiary/aromatic N) is 6. The summed E-state index contributed by atoms with van der Waals surface area (Å²) >= 11 is 3.73. The molecule has 0 amide bonds. The summed E-state index contributed by atoms with van der Waals surface area (Å²) in [5.41, 5.74) is 3.48. The number of aliphatic imine (C=N–C) groups is 1. The molecule has 1 unspecified atom stereocenters. The minimum Gasteiger partial charge on any atom is -0.379 e. The van der Waals surface area contributed by atoms with E-state index in [-0.39, 0.29) is 5.82 Å². The number of hydrogen-bond donors (Lipinski definition) is 0. The number of halogens is 2. The van der Waals surface area contributed by atoms with Crippen LogP contribution in [0.2, 0.25) is 0 Å². The Morgan fingerprint density at radius 2 is 1.63 bits per heavy atom. The van der Waals surface area contributed by atoms with Crippen molar-refractivity contribution in [1.29, 1.82) is 0 Å². The number of amidine groups is 1. The number of ether oxygens (including phenoxy) is 1. The maximum atomic E-state index is 13.9. The molecule has 4 aromatic rings. The molecule has 3 aromatic carbocycles. The van der Waals surface area contributed by atoms with Crippen molar-refractivity contribution in [2.75, 3.05) is 33.4 Å². The molecule has 38 heavy (non-hydrogen) atoms. The standard InChI is InChI=1S/C28H27BrFN6OP/c1-20-26-28(36(32-20)23-8-4-3-5-9-23)31-27(21-12-14-22(30)15-13-21)34(2)38(26,35-16-18-37-19-17-35)33-25-11-7-6-10-24(25)29/h3-15H,16-19H2,1-2H3. The smallest absolute Gasteiger partial charge is 0.170 e. The van der Waals surface area contributed by atoms with Crippen LogP contribution >= 0.6 is 23.3 Å². The summed E-state index contributed by atoms with van der Waals surface area (Å²) in [6.07, 6.45) is 0. The van der Waals surface area contributed by atoms with Crippen LogP contribution in [0.5, 0.6) is 0 Å². The van der Waals surface area contributed by atoms with Gasteiger partial charge in [0.25, 0.3) is 0 Å². The number of morpholine rings is 1. The molecule has 0 N–H and O–H groups in total. The number of aryl methyl sites for hydroxylation is 1. The quantitative estimate of drug-likeness (QED) is 0.256. The van der Waals surface area contributed by atoms with Crippen molar-refractivity contribution in [3.63, 3.8) is 0 Å². The van der Waals surface area contributed by atoms with E-state index in [2.05, 4.69) is 25.3 Å². The molecule has 1 aromatic heterocycles. The lowest BCUT2D eigenvalue weighted by Gasteiger charge is -2.46. The summed E-state index contributed by atoms with van der Waals surface area (Å²) in [4.78, 5) is 5.20. The van der Waals surface area contributed by atoms with E-state index >= 15 is 0 Å². The van der Waals surface area contributed by atoms with Gasteiger partial charge >= 0.3 is 0 Å². The number of hydrogen-bond acceptors (Lipinski definition) is 4. The molecule has 10 heteroatoms. The van der Waals surface area contributed by atoms with Crippen molar-refractivity contribution in [2.24, 2.45) is 9.74 Å². The van der Waals surface area contributed by atoms with E-state index in [1.165, 1.54) is 12.1 Å². The van der Waals surface area contributed by atoms with Crippen LogP contribution < -0.4 is 5.30 Å². The molecule has 1 saturated heterocycles. The van der Waals surface area contributed by atoms with E-state index in [4.69, 9.17) is 19.6 Å². The lowest BCUT2D eigenvalue weighted by atomic mass is 10.2. The maximum Gasteiger partial charge on any atom is 0.170 e. The first kappa shape index (κ1) is 25.2. The van der Waals surface area contributed by atoms with Crippen molar-refractivity contribution in [1.82, 2.24) is 19.1 Å². The van der Waals surface area contributed by atoms with Crippen LogP contribution in [-0.2, 0) is 4.74 Å². The Kier molecular flexibility index (Phi) is 6.78. The zero-order valence-electron chi connectivity index (χ0n) is 21.1. The fourth-order valence-electron chi connectivity index (χ4n) is 5.04. The molecule has 2 aliphatic rings. The topological polar surface area (TPSA) is 58.3 Å². The average Bonchev–Trinajstić information content (AvgIpc) is 3.29. The number of rotatable bonds is 4. The zero-order valence-corrected chi connectivity index (χ0v) is 23.6. The summed E-state index contributed by atoms with van der Waals surface area (Å²) in [5.74, 6) is 1.19. The molecule has 3 heterocycles. The Morgan fingerprint density at radius 1 is 0.947 bits per heavy atom. The molecular formula is C28H27BrFN6OP. The largest absolute Gasteiger partial charge is 0.379 e. The van der Waals surface area contributed by atoms with E-state index in [1.54, 1.807) is 12.1 Å². The monoisotopic (exact) mass is 592 g/mol. The van der Waals surface area contributed by atoms with Crippen LogP contribution in [0, 0.1) is 12.7 Å². The normalized spacial score (nSPS) is 19.7. The van der Waals surface area contributed by atoms with Gasteiger partial charge in [0.2, 0.25) is 0 Å². The third-order valence-corrected chi connectivity index (χ3v) is 11.3. The summed E-state index contributed by atoms with van der Waals surface area (Å²) < 4.78 is 32.8. The third-order valence-electron chi connectivity index (χ3n) is 6.83. The van der Waals surface area contributed by atoms with Crippen LogP contribution in [0.15, 0.2) is 93.1 Å². The molecule has 0 saturated carbocycles. The minimum absolute atomic E-state index is 0.286. The lowest BCUT2D eigenvalue weighted by molar-refractivity contribution is 0.0732. The lowest BCUT2D eigenvalue weighted by Crippen LogP contribution is -2.45. The maximum absolute atomic E-state index is 13.9. The Balaban J connectivity index is 1.72. The van der Waals surface area contributed by atoms with Gasteiger partial charge in [0.1, 0.15) is 11.7 Å². The highest BCUT2D eigenvalue weighted by atomic mass is 79.9. The van der Waals surface area contributed by atoms with Crippen LogP contribution in [0.25, 0.3) is 5.69 Å². The van der Waals surface area contributed by atoms with E-state index in [1.807, 2.05) is 73.3 Å². The first-order chi connectivity index (χ1) is 18.5. The van der Waals surface area contributed by atoms with Gasteiger partial charge in [-0.25, -0.2) is 23.5 Å². The van der Waals surface area contributed by atoms with E-state index in [0.717, 1.165) is 57.2 Å². The highest BCUT2D eigenvalue weighted by Crippen LogP contribution is 2.62. The minimum atomic E-state index is -2.69.